The van der Waals surface area contributed by atoms with E-state index in [0.717, 1.165) is 70.8 Å². The van der Waals surface area contributed by atoms with Gasteiger partial charge in [0.25, 0.3) is 0 Å². The topological polar surface area (TPSA) is 69.9 Å². The lowest BCUT2D eigenvalue weighted by Crippen LogP contribution is -2.70. The van der Waals surface area contributed by atoms with Crippen molar-refractivity contribution in [3.63, 3.8) is 0 Å². The van der Waals surface area contributed by atoms with Crippen LogP contribution in [-0.2, 0) is 4.43 Å². The van der Waals surface area contributed by atoms with Gasteiger partial charge >= 0.3 is 0 Å². The highest BCUT2D eigenvalue weighted by Crippen LogP contribution is 2.75. The fourth-order valence-corrected chi connectivity index (χ4v) is 12.5. The molecule has 0 saturated heterocycles. The Morgan fingerprint density at radius 1 is 0.816 bits per heavy atom. The highest BCUT2D eigenvalue weighted by atomic mass is 28.4. The monoisotopic (exact) mass is 550 g/mol. The summed E-state index contributed by atoms with van der Waals surface area (Å²) in [5, 5.41) is 36.2. The minimum absolute atomic E-state index is 0.0968. The Hall–Kier alpha value is 0.0569. The van der Waals surface area contributed by atoms with Crippen molar-refractivity contribution in [2.24, 2.45) is 52.3 Å². The molecule has 4 aliphatic carbocycles. The first-order valence-corrected chi connectivity index (χ1v) is 19.9. The minimum atomic E-state index is -1.57. The Labute approximate surface area is 235 Å². The van der Waals surface area contributed by atoms with Crippen LogP contribution in [0.3, 0.4) is 0 Å². The van der Waals surface area contributed by atoms with Gasteiger partial charge in [-0.25, -0.2) is 0 Å². The van der Waals surface area contributed by atoms with E-state index < -0.39 is 19.5 Å². The van der Waals surface area contributed by atoms with Crippen molar-refractivity contribution in [1.29, 1.82) is 0 Å². The first-order chi connectivity index (χ1) is 17.7. The van der Waals surface area contributed by atoms with E-state index in [0.29, 0.717) is 41.9 Å². The number of hydrogen-bond acceptors (Lipinski definition) is 4. The standard InChI is InChI=1S/C33H62O4Si/c1-10-23-25(12-3)33(36)21-22(34)15-18-30(33,5)27-16-19-31(6)29(28(23)27)24(11-2)26(13-4)32(31,35)17-14-20-37-38(7,8)9/h22-29,34-36H,10-21H2,1-9H3/t22?,23?,24?,25?,26?,27-,28-,29+,30-,31+,32?,33?/m1/s1. The maximum absolute atomic E-state index is 12.9. The summed E-state index contributed by atoms with van der Waals surface area (Å²) in [7, 11) is -1.57. The van der Waals surface area contributed by atoms with Gasteiger partial charge < -0.3 is 19.7 Å². The van der Waals surface area contributed by atoms with Crippen LogP contribution < -0.4 is 0 Å². The van der Waals surface area contributed by atoms with Gasteiger partial charge in [0, 0.05) is 13.0 Å². The van der Waals surface area contributed by atoms with Crippen molar-refractivity contribution in [3.05, 3.63) is 0 Å². The molecule has 5 heteroatoms. The van der Waals surface area contributed by atoms with Crippen LogP contribution in [0.5, 0.6) is 0 Å². The molecule has 12 atom stereocenters. The average Bonchev–Trinajstić information content (AvgIpc) is 3.04. The van der Waals surface area contributed by atoms with Crippen LogP contribution >= 0.6 is 0 Å². The predicted octanol–water partition coefficient (Wildman–Crippen LogP) is 7.41. The van der Waals surface area contributed by atoms with E-state index in [4.69, 9.17) is 4.43 Å². The molecule has 7 unspecified atom stereocenters. The minimum Gasteiger partial charge on any atom is -0.418 e. The van der Waals surface area contributed by atoms with Crippen LogP contribution in [0.4, 0.5) is 0 Å². The SMILES string of the molecule is CCC1C(CC)C2(O)CC(O)CC[C@]2(C)[C@@H]2CC[C@@]3(C)[C@@H](C(CC)C(CC)C3(O)CCCO[Si](C)(C)C)[C@H]12. The van der Waals surface area contributed by atoms with E-state index in [2.05, 4.69) is 61.2 Å². The summed E-state index contributed by atoms with van der Waals surface area (Å²) in [4.78, 5) is 0. The van der Waals surface area contributed by atoms with Gasteiger partial charge in [-0.15, -0.1) is 0 Å². The Balaban J connectivity index is 1.77. The van der Waals surface area contributed by atoms with Crippen molar-refractivity contribution in [2.75, 3.05) is 6.61 Å². The molecule has 4 fully saturated rings. The zero-order valence-electron chi connectivity index (χ0n) is 26.4. The Kier molecular flexibility index (Phi) is 8.74. The van der Waals surface area contributed by atoms with E-state index in [-0.39, 0.29) is 22.9 Å². The molecule has 3 N–H and O–H groups in total. The summed E-state index contributed by atoms with van der Waals surface area (Å²) < 4.78 is 6.25. The van der Waals surface area contributed by atoms with E-state index in [1.54, 1.807) is 0 Å². The lowest BCUT2D eigenvalue weighted by Gasteiger charge is -2.69. The van der Waals surface area contributed by atoms with E-state index in [9.17, 15) is 15.3 Å². The molecule has 4 aliphatic rings. The van der Waals surface area contributed by atoms with Crippen LogP contribution in [0.2, 0.25) is 19.6 Å². The molecule has 0 amide bonds. The number of fused-ring (bicyclic) bond motifs is 5. The summed E-state index contributed by atoms with van der Waals surface area (Å²) >= 11 is 0. The first kappa shape index (κ1) is 31.0. The fraction of sp³-hybridized carbons (Fsp3) is 1.00. The van der Waals surface area contributed by atoms with Crippen LogP contribution in [0, 0.1) is 52.3 Å². The normalized spacial score (nSPS) is 50.8. The zero-order chi connectivity index (χ0) is 28.3. The molecule has 4 saturated carbocycles. The highest BCUT2D eigenvalue weighted by Gasteiger charge is 2.74. The summed E-state index contributed by atoms with van der Waals surface area (Å²) in [6.07, 6.45) is 10.0. The second kappa shape index (κ2) is 10.7. The number of rotatable bonds is 9. The van der Waals surface area contributed by atoms with Gasteiger partial charge in [-0.05, 0) is 110 Å². The van der Waals surface area contributed by atoms with Crippen LogP contribution in [0.1, 0.15) is 112 Å². The Bertz CT molecular complexity index is 828. The molecule has 0 spiro atoms. The lowest BCUT2D eigenvalue weighted by atomic mass is 9.37. The van der Waals surface area contributed by atoms with Gasteiger partial charge in [0.2, 0.25) is 0 Å². The molecule has 38 heavy (non-hydrogen) atoms. The van der Waals surface area contributed by atoms with E-state index >= 15 is 0 Å². The third kappa shape index (κ3) is 4.43. The molecule has 4 rings (SSSR count). The third-order valence-electron chi connectivity index (χ3n) is 13.2. The van der Waals surface area contributed by atoms with Crippen LogP contribution in [0.15, 0.2) is 0 Å². The van der Waals surface area contributed by atoms with Crippen molar-refractivity contribution in [1.82, 2.24) is 0 Å². The van der Waals surface area contributed by atoms with Gasteiger partial charge in [0.05, 0.1) is 17.3 Å². The molecule has 4 nitrogen and oxygen atoms in total. The average molecular weight is 551 g/mol. The van der Waals surface area contributed by atoms with Crippen LogP contribution in [-0.4, -0.2) is 47.5 Å². The predicted molar refractivity (Wildman–Crippen MR) is 159 cm³/mol. The maximum atomic E-state index is 12.9. The second-order valence-corrected chi connectivity index (χ2v) is 20.1. The fourth-order valence-electron chi connectivity index (χ4n) is 11.7. The van der Waals surface area contributed by atoms with Gasteiger partial charge in [0.15, 0.2) is 8.32 Å². The van der Waals surface area contributed by atoms with Gasteiger partial charge in [-0.3, -0.25) is 0 Å². The Morgan fingerprint density at radius 2 is 1.42 bits per heavy atom. The van der Waals surface area contributed by atoms with Crippen molar-refractivity contribution in [2.45, 2.75) is 149 Å². The molecular weight excluding hydrogens is 488 g/mol. The number of aliphatic hydroxyl groups excluding tert-OH is 1. The van der Waals surface area contributed by atoms with Gasteiger partial charge in [-0.1, -0.05) is 67.2 Å². The molecular formula is C33H62O4Si. The summed E-state index contributed by atoms with van der Waals surface area (Å²) in [5.74, 6) is 3.01. The summed E-state index contributed by atoms with van der Waals surface area (Å²) in [6, 6.07) is 0. The van der Waals surface area contributed by atoms with Crippen molar-refractivity contribution >= 4 is 8.32 Å². The third-order valence-corrected chi connectivity index (χ3v) is 14.3. The molecule has 0 aromatic heterocycles. The molecule has 0 aromatic rings. The van der Waals surface area contributed by atoms with Gasteiger partial charge in [-0.2, -0.15) is 0 Å². The molecule has 0 aliphatic heterocycles. The first-order valence-electron chi connectivity index (χ1n) is 16.5. The smallest absolute Gasteiger partial charge is 0.183 e. The van der Waals surface area contributed by atoms with Crippen LogP contribution in [0.25, 0.3) is 0 Å². The van der Waals surface area contributed by atoms with E-state index in [1.807, 2.05) is 0 Å². The lowest BCUT2D eigenvalue weighted by molar-refractivity contribution is -0.275. The molecule has 222 valence electrons. The zero-order valence-corrected chi connectivity index (χ0v) is 27.4. The molecule has 0 bridgehead atoms. The number of hydrogen-bond donors (Lipinski definition) is 3. The quantitative estimate of drug-likeness (QED) is 0.206. The van der Waals surface area contributed by atoms with Crippen molar-refractivity contribution in [3.8, 4) is 0 Å². The molecule has 0 radical (unpaired) electrons. The van der Waals surface area contributed by atoms with Crippen molar-refractivity contribution < 1.29 is 19.7 Å². The van der Waals surface area contributed by atoms with E-state index in [1.165, 1.54) is 0 Å². The summed E-state index contributed by atoms with van der Waals surface area (Å²) in [5.41, 5.74) is -1.70. The van der Waals surface area contributed by atoms with Gasteiger partial charge in [0.1, 0.15) is 0 Å². The Morgan fingerprint density at radius 3 is 1.97 bits per heavy atom. The second-order valence-electron chi connectivity index (χ2n) is 15.6. The largest absolute Gasteiger partial charge is 0.418 e. The molecule has 0 aromatic carbocycles. The summed E-state index contributed by atoms with van der Waals surface area (Å²) in [6.45, 7) is 21.7. The highest BCUT2D eigenvalue weighted by molar-refractivity contribution is 6.69. The maximum Gasteiger partial charge on any atom is 0.183 e. The number of aliphatic hydroxyl groups is 3. The molecule has 0 heterocycles.